The van der Waals surface area contributed by atoms with Crippen LogP contribution in [-0.2, 0) is 0 Å². The minimum absolute atomic E-state index is 0.0623. The van der Waals surface area contributed by atoms with E-state index in [2.05, 4.69) is 6.92 Å². The van der Waals surface area contributed by atoms with Crippen molar-refractivity contribution < 1.29 is 14.6 Å². The van der Waals surface area contributed by atoms with Crippen LogP contribution in [0.25, 0.3) is 0 Å². The molecule has 110 valence electrons. The minimum atomic E-state index is -0.377. The second-order valence-corrected chi connectivity index (χ2v) is 5.76. The lowest BCUT2D eigenvalue weighted by Crippen LogP contribution is -3.13. The highest BCUT2D eigenvalue weighted by Crippen LogP contribution is 2.27. The molecule has 1 saturated heterocycles. The van der Waals surface area contributed by atoms with E-state index < -0.39 is 0 Å². The maximum absolute atomic E-state index is 11.0. The zero-order valence-corrected chi connectivity index (χ0v) is 12.2. The molecule has 0 unspecified atom stereocenters. The van der Waals surface area contributed by atoms with Gasteiger partial charge in [-0.3, -0.25) is 10.1 Å². The molecule has 2 rings (SSSR count). The molecule has 1 fully saturated rings. The lowest BCUT2D eigenvalue weighted by Gasteiger charge is -2.27. The number of ether oxygens (including phenoxy) is 1. The Morgan fingerprint density at radius 2 is 2.10 bits per heavy atom. The van der Waals surface area contributed by atoms with Crippen molar-refractivity contribution in [2.75, 3.05) is 26.2 Å². The van der Waals surface area contributed by atoms with Crippen molar-refractivity contribution in [1.29, 1.82) is 0 Å². The number of hydrogen-bond donors (Lipinski definition) is 1. The van der Waals surface area contributed by atoms with E-state index in [4.69, 9.17) is 4.74 Å². The van der Waals surface area contributed by atoms with E-state index in [9.17, 15) is 10.1 Å². The lowest BCUT2D eigenvalue weighted by atomic mass is 9.99. The third-order valence-corrected chi connectivity index (χ3v) is 4.01. The van der Waals surface area contributed by atoms with E-state index in [1.165, 1.54) is 30.8 Å². The van der Waals surface area contributed by atoms with Crippen molar-refractivity contribution in [3.63, 3.8) is 0 Å². The van der Waals surface area contributed by atoms with Gasteiger partial charge >= 0.3 is 5.69 Å². The number of quaternary nitrogens is 1. The molecule has 0 radical (unpaired) electrons. The van der Waals surface area contributed by atoms with Crippen LogP contribution in [0.5, 0.6) is 5.75 Å². The van der Waals surface area contributed by atoms with E-state index in [-0.39, 0.29) is 10.6 Å². The van der Waals surface area contributed by atoms with E-state index in [0.717, 1.165) is 18.0 Å². The molecule has 1 aliphatic rings. The Hall–Kier alpha value is -1.62. The van der Waals surface area contributed by atoms with Gasteiger partial charge in [-0.1, -0.05) is 13.0 Å². The molecule has 5 nitrogen and oxygen atoms in total. The Morgan fingerprint density at radius 3 is 2.75 bits per heavy atom. The van der Waals surface area contributed by atoms with Crippen LogP contribution in [0, 0.1) is 23.0 Å². The first-order chi connectivity index (χ1) is 9.56. The van der Waals surface area contributed by atoms with Crippen molar-refractivity contribution >= 4 is 5.69 Å². The second kappa shape index (κ2) is 6.70. The van der Waals surface area contributed by atoms with Crippen molar-refractivity contribution in [3.05, 3.63) is 33.9 Å². The summed E-state index contributed by atoms with van der Waals surface area (Å²) in [4.78, 5) is 12.2. The standard InChI is InChI=1S/C15H22N2O3/c1-12-5-7-16(8-6-12)9-10-20-15-4-3-13(2)11-14(15)17(18)19/h3-4,11-12H,5-10H2,1-2H3/p+1. The number of nitro groups is 1. The molecule has 0 bridgehead atoms. The summed E-state index contributed by atoms with van der Waals surface area (Å²) in [6.45, 7) is 7.95. The number of rotatable bonds is 5. The highest BCUT2D eigenvalue weighted by atomic mass is 16.6. The SMILES string of the molecule is Cc1ccc(OCC[NH+]2CCC(C)CC2)c([N+](=O)[O-])c1. The molecule has 20 heavy (non-hydrogen) atoms. The molecule has 0 amide bonds. The van der Waals surface area contributed by atoms with Gasteiger partial charge in [-0.2, -0.15) is 0 Å². The monoisotopic (exact) mass is 279 g/mol. The van der Waals surface area contributed by atoms with E-state index in [1.807, 2.05) is 13.0 Å². The first kappa shape index (κ1) is 14.8. The number of nitrogens with zero attached hydrogens (tertiary/aromatic N) is 1. The fraction of sp³-hybridized carbons (Fsp3) is 0.600. The van der Waals surface area contributed by atoms with Crippen LogP contribution < -0.4 is 9.64 Å². The third kappa shape index (κ3) is 3.93. The third-order valence-electron chi connectivity index (χ3n) is 4.01. The summed E-state index contributed by atoms with van der Waals surface area (Å²) in [6.07, 6.45) is 2.53. The number of nitrogens with one attached hydrogen (secondary N) is 1. The summed E-state index contributed by atoms with van der Waals surface area (Å²) in [7, 11) is 0. The molecular formula is C15H23N2O3+. The Bertz CT molecular complexity index is 468. The summed E-state index contributed by atoms with van der Waals surface area (Å²) in [5.41, 5.74) is 0.937. The zero-order chi connectivity index (χ0) is 14.5. The van der Waals surface area contributed by atoms with Crippen LogP contribution in [0.3, 0.4) is 0 Å². The molecule has 1 aliphatic heterocycles. The molecule has 0 saturated carbocycles. The second-order valence-electron chi connectivity index (χ2n) is 5.76. The molecule has 1 aromatic rings. The topological polar surface area (TPSA) is 56.8 Å². The first-order valence-electron chi connectivity index (χ1n) is 7.27. The predicted molar refractivity (Wildman–Crippen MR) is 77.3 cm³/mol. The number of aryl methyl sites for hydroxylation is 1. The Labute approximate surface area is 119 Å². The lowest BCUT2D eigenvalue weighted by molar-refractivity contribution is -0.906. The van der Waals surface area contributed by atoms with Gasteiger partial charge in [0.05, 0.1) is 18.0 Å². The van der Waals surface area contributed by atoms with Crippen LogP contribution in [0.4, 0.5) is 5.69 Å². The smallest absolute Gasteiger partial charge is 0.311 e. The van der Waals surface area contributed by atoms with Crippen molar-refractivity contribution in [3.8, 4) is 5.75 Å². The van der Waals surface area contributed by atoms with Gasteiger partial charge in [-0.15, -0.1) is 0 Å². The maximum Gasteiger partial charge on any atom is 0.311 e. The van der Waals surface area contributed by atoms with Gasteiger partial charge < -0.3 is 9.64 Å². The molecule has 0 aliphatic carbocycles. The minimum Gasteiger partial charge on any atom is -0.481 e. The highest BCUT2D eigenvalue weighted by Gasteiger charge is 2.19. The molecule has 0 atom stereocenters. The van der Waals surface area contributed by atoms with Crippen LogP contribution in [0.2, 0.25) is 0 Å². The summed E-state index contributed by atoms with van der Waals surface area (Å²) in [6, 6.07) is 5.10. The number of hydrogen-bond acceptors (Lipinski definition) is 3. The Balaban J connectivity index is 1.86. The molecule has 0 spiro atoms. The van der Waals surface area contributed by atoms with Crippen LogP contribution in [0.1, 0.15) is 25.3 Å². The Morgan fingerprint density at radius 1 is 1.40 bits per heavy atom. The fourth-order valence-electron chi connectivity index (χ4n) is 2.62. The average molecular weight is 279 g/mol. The van der Waals surface area contributed by atoms with Gasteiger partial charge in [-0.05, 0) is 37.3 Å². The van der Waals surface area contributed by atoms with Crippen molar-refractivity contribution in [2.24, 2.45) is 5.92 Å². The van der Waals surface area contributed by atoms with Gasteiger partial charge in [0, 0.05) is 6.07 Å². The number of piperidine rings is 1. The maximum atomic E-state index is 11.0. The number of benzene rings is 1. The van der Waals surface area contributed by atoms with Gasteiger partial charge in [0.1, 0.15) is 13.2 Å². The molecule has 5 heteroatoms. The number of likely N-dealkylation sites (tertiary alicyclic amines) is 1. The van der Waals surface area contributed by atoms with Crippen LogP contribution >= 0.6 is 0 Å². The largest absolute Gasteiger partial charge is 0.481 e. The molecule has 1 N–H and O–H groups in total. The highest BCUT2D eigenvalue weighted by molar-refractivity contribution is 5.48. The summed E-state index contributed by atoms with van der Waals surface area (Å²) < 4.78 is 5.62. The first-order valence-corrected chi connectivity index (χ1v) is 7.27. The van der Waals surface area contributed by atoms with E-state index >= 15 is 0 Å². The zero-order valence-electron chi connectivity index (χ0n) is 12.2. The quantitative estimate of drug-likeness (QED) is 0.658. The average Bonchev–Trinajstić information content (AvgIpc) is 2.42. The van der Waals surface area contributed by atoms with E-state index in [1.54, 1.807) is 12.1 Å². The summed E-state index contributed by atoms with van der Waals surface area (Å²) in [5, 5.41) is 11.0. The van der Waals surface area contributed by atoms with Crippen LogP contribution in [0.15, 0.2) is 18.2 Å². The molecule has 1 aromatic carbocycles. The van der Waals surface area contributed by atoms with Gasteiger partial charge in [-0.25, -0.2) is 0 Å². The van der Waals surface area contributed by atoms with Crippen LogP contribution in [-0.4, -0.2) is 31.2 Å². The van der Waals surface area contributed by atoms with Gasteiger partial charge in [0.25, 0.3) is 0 Å². The van der Waals surface area contributed by atoms with Crippen molar-refractivity contribution in [1.82, 2.24) is 0 Å². The predicted octanol–water partition coefficient (Wildman–Crippen LogP) is 1.60. The van der Waals surface area contributed by atoms with Gasteiger partial charge in [0.2, 0.25) is 0 Å². The normalized spacial score (nSPS) is 22.5. The summed E-state index contributed by atoms with van der Waals surface area (Å²) >= 11 is 0. The fourth-order valence-corrected chi connectivity index (χ4v) is 2.62. The molecular weight excluding hydrogens is 256 g/mol. The van der Waals surface area contributed by atoms with E-state index in [0.29, 0.717) is 12.4 Å². The Kier molecular flexibility index (Phi) is 4.95. The number of nitro benzene ring substituents is 1. The molecule has 0 aromatic heterocycles. The van der Waals surface area contributed by atoms with Crippen molar-refractivity contribution in [2.45, 2.75) is 26.7 Å². The molecule has 1 heterocycles. The summed E-state index contributed by atoms with van der Waals surface area (Å²) in [5.74, 6) is 1.21. The van der Waals surface area contributed by atoms with Gasteiger partial charge in [0.15, 0.2) is 5.75 Å².